The van der Waals surface area contributed by atoms with Crippen molar-refractivity contribution in [3.8, 4) is 0 Å². The Hall–Kier alpha value is -1.10. The van der Waals surface area contributed by atoms with E-state index in [0.717, 1.165) is 25.9 Å². The number of likely N-dealkylation sites (tertiary alicyclic amines) is 1. The lowest BCUT2D eigenvalue weighted by molar-refractivity contribution is -0.137. The highest BCUT2D eigenvalue weighted by Gasteiger charge is 2.28. The second-order valence-electron chi connectivity index (χ2n) is 4.88. The number of hydrogen-bond acceptors (Lipinski definition) is 3. The Bertz CT molecular complexity index is 281. The SMILES string of the molecule is CC(CCNC1CCN(C)C1=O)CCC(=O)O. The van der Waals surface area contributed by atoms with E-state index >= 15 is 0 Å². The van der Waals surface area contributed by atoms with Gasteiger partial charge in [0.2, 0.25) is 5.91 Å². The first-order valence-corrected chi connectivity index (χ1v) is 6.21. The van der Waals surface area contributed by atoms with Crippen LogP contribution < -0.4 is 5.32 Å². The lowest BCUT2D eigenvalue weighted by Gasteiger charge is -2.14. The number of carbonyl (C=O) groups is 2. The topological polar surface area (TPSA) is 69.6 Å². The van der Waals surface area contributed by atoms with E-state index in [0.29, 0.717) is 12.3 Å². The first-order chi connectivity index (χ1) is 8.00. The number of aliphatic carboxylic acids is 1. The molecule has 1 saturated heterocycles. The highest BCUT2D eigenvalue weighted by atomic mass is 16.4. The second-order valence-corrected chi connectivity index (χ2v) is 4.88. The number of carboxylic acids is 1. The first kappa shape index (κ1) is 14.0. The lowest BCUT2D eigenvalue weighted by atomic mass is 10.0. The van der Waals surface area contributed by atoms with Crippen molar-refractivity contribution in [3.63, 3.8) is 0 Å². The number of hydrogen-bond donors (Lipinski definition) is 2. The van der Waals surface area contributed by atoms with Crippen molar-refractivity contribution < 1.29 is 14.7 Å². The predicted octanol–water partition coefficient (Wildman–Crippen LogP) is 0.698. The molecule has 1 rings (SSSR count). The normalized spacial score (nSPS) is 21.9. The molecule has 5 heteroatoms. The van der Waals surface area contributed by atoms with Gasteiger partial charge in [-0.25, -0.2) is 0 Å². The van der Waals surface area contributed by atoms with Gasteiger partial charge in [0, 0.05) is 20.0 Å². The summed E-state index contributed by atoms with van der Waals surface area (Å²) in [6.45, 7) is 3.66. The number of likely N-dealkylation sites (N-methyl/N-ethyl adjacent to an activating group) is 1. The van der Waals surface area contributed by atoms with Crippen molar-refractivity contribution in [2.75, 3.05) is 20.1 Å². The molecule has 2 unspecified atom stereocenters. The fourth-order valence-corrected chi connectivity index (χ4v) is 2.03. The van der Waals surface area contributed by atoms with Gasteiger partial charge in [0.1, 0.15) is 0 Å². The van der Waals surface area contributed by atoms with E-state index in [2.05, 4.69) is 5.32 Å². The van der Waals surface area contributed by atoms with E-state index in [1.165, 1.54) is 0 Å². The van der Waals surface area contributed by atoms with Crippen LogP contribution in [0.25, 0.3) is 0 Å². The van der Waals surface area contributed by atoms with E-state index in [1.54, 1.807) is 4.90 Å². The third kappa shape index (κ3) is 4.73. The summed E-state index contributed by atoms with van der Waals surface area (Å²) in [7, 11) is 1.82. The molecule has 0 spiro atoms. The quantitative estimate of drug-likeness (QED) is 0.689. The molecule has 1 fully saturated rings. The second kappa shape index (κ2) is 6.59. The molecule has 0 aromatic rings. The molecule has 0 bridgehead atoms. The van der Waals surface area contributed by atoms with Crippen molar-refractivity contribution in [1.82, 2.24) is 10.2 Å². The summed E-state index contributed by atoms with van der Waals surface area (Å²) in [5.41, 5.74) is 0. The standard InChI is InChI=1S/C12H22N2O3/c1-9(3-4-11(15)16)5-7-13-10-6-8-14(2)12(10)17/h9-10,13H,3-8H2,1-2H3,(H,15,16). The summed E-state index contributed by atoms with van der Waals surface area (Å²) in [5.74, 6) is -0.187. The van der Waals surface area contributed by atoms with Gasteiger partial charge in [-0.2, -0.15) is 0 Å². The molecule has 0 aromatic carbocycles. The smallest absolute Gasteiger partial charge is 0.303 e. The molecule has 17 heavy (non-hydrogen) atoms. The molecule has 0 aromatic heterocycles. The van der Waals surface area contributed by atoms with Crippen LogP contribution >= 0.6 is 0 Å². The van der Waals surface area contributed by atoms with E-state index in [1.807, 2.05) is 14.0 Å². The lowest BCUT2D eigenvalue weighted by Crippen LogP contribution is -2.37. The highest BCUT2D eigenvalue weighted by Crippen LogP contribution is 2.11. The Morgan fingerprint density at radius 3 is 2.82 bits per heavy atom. The van der Waals surface area contributed by atoms with E-state index in [9.17, 15) is 9.59 Å². The monoisotopic (exact) mass is 242 g/mol. The van der Waals surface area contributed by atoms with Crippen LogP contribution in [0.1, 0.15) is 32.6 Å². The van der Waals surface area contributed by atoms with Crippen LogP contribution in [0.2, 0.25) is 0 Å². The molecule has 1 heterocycles. The summed E-state index contributed by atoms with van der Waals surface area (Å²) in [4.78, 5) is 23.7. The van der Waals surface area contributed by atoms with Gasteiger partial charge >= 0.3 is 5.97 Å². The maximum absolute atomic E-state index is 11.6. The maximum atomic E-state index is 11.6. The largest absolute Gasteiger partial charge is 0.481 e. The molecule has 98 valence electrons. The number of carboxylic acid groups (broad SMARTS) is 1. The third-order valence-electron chi connectivity index (χ3n) is 3.31. The van der Waals surface area contributed by atoms with Gasteiger partial charge in [-0.15, -0.1) is 0 Å². The summed E-state index contributed by atoms with van der Waals surface area (Å²) in [6.07, 6.45) is 2.72. The molecular formula is C12H22N2O3. The van der Waals surface area contributed by atoms with Crippen molar-refractivity contribution in [3.05, 3.63) is 0 Å². The highest BCUT2D eigenvalue weighted by molar-refractivity contribution is 5.83. The average molecular weight is 242 g/mol. The summed E-state index contributed by atoms with van der Waals surface area (Å²) >= 11 is 0. The zero-order chi connectivity index (χ0) is 12.8. The van der Waals surface area contributed by atoms with E-state index in [4.69, 9.17) is 5.11 Å². The third-order valence-corrected chi connectivity index (χ3v) is 3.31. The minimum Gasteiger partial charge on any atom is -0.481 e. The molecule has 0 aliphatic carbocycles. The maximum Gasteiger partial charge on any atom is 0.303 e. The Morgan fingerprint density at radius 2 is 2.29 bits per heavy atom. The molecule has 2 atom stereocenters. The molecule has 1 aliphatic rings. The molecule has 1 amide bonds. The van der Waals surface area contributed by atoms with Crippen molar-refractivity contribution in [1.29, 1.82) is 0 Å². The van der Waals surface area contributed by atoms with Crippen LogP contribution in [-0.4, -0.2) is 48.1 Å². The summed E-state index contributed by atoms with van der Waals surface area (Å²) in [5, 5.41) is 11.8. The van der Waals surface area contributed by atoms with Crippen LogP contribution in [0.5, 0.6) is 0 Å². The first-order valence-electron chi connectivity index (χ1n) is 6.21. The molecular weight excluding hydrogens is 220 g/mol. The Morgan fingerprint density at radius 1 is 1.59 bits per heavy atom. The van der Waals surface area contributed by atoms with E-state index in [-0.39, 0.29) is 18.4 Å². The van der Waals surface area contributed by atoms with Gasteiger partial charge in [-0.3, -0.25) is 9.59 Å². The van der Waals surface area contributed by atoms with Crippen LogP contribution in [0, 0.1) is 5.92 Å². The van der Waals surface area contributed by atoms with Crippen molar-refractivity contribution >= 4 is 11.9 Å². The Kier molecular flexibility index (Phi) is 5.41. The zero-order valence-corrected chi connectivity index (χ0v) is 10.6. The molecule has 2 N–H and O–H groups in total. The number of nitrogens with one attached hydrogen (secondary N) is 1. The number of nitrogens with zero attached hydrogens (tertiary/aromatic N) is 1. The van der Waals surface area contributed by atoms with Gasteiger partial charge < -0.3 is 15.3 Å². The van der Waals surface area contributed by atoms with Crippen LogP contribution in [0.4, 0.5) is 0 Å². The number of rotatable bonds is 7. The average Bonchev–Trinajstić information content (AvgIpc) is 2.58. The zero-order valence-electron chi connectivity index (χ0n) is 10.6. The Balaban J connectivity index is 2.11. The predicted molar refractivity (Wildman–Crippen MR) is 64.7 cm³/mol. The van der Waals surface area contributed by atoms with Gasteiger partial charge in [-0.05, 0) is 31.7 Å². The fraction of sp³-hybridized carbons (Fsp3) is 0.833. The fourth-order valence-electron chi connectivity index (χ4n) is 2.03. The van der Waals surface area contributed by atoms with Crippen LogP contribution in [-0.2, 0) is 9.59 Å². The minimum atomic E-state index is -0.739. The van der Waals surface area contributed by atoms with Crippen LogP contribution in [0.3, 0.4) is 0 Å². The molecule has 0 saturated carbocycles. The van der Waals surface area contributed by atoms with Gasteiger partial charge in [0.15, 0.2) is 0 Å². The van der Waals surface area contributed by atoms with E-state index < -0.39 is 5.97 Å². The van der Waals surface area contributed by atoms with Crippen molar-refractivity contribution in [2.24, 2.45) is 5.92 Å². The van der Waals surface area contributed by atoms with Gasteiger partial charge in [0.05, 0.1) is 6.04 Å². The number of carbonyl (C=O) groups excluding carboxylic acids is 1. The molecule has 5 nitrogen and oxygen atoms in total. The minimum absolute atomic E-state index is 0.0355. The van der Waals surface area contributed by atoms with Gasteiger partial charge in [0.25, 0.3) is 0 Å². The summed E-state index contributed by atoms with van der Waals surface area (Å²) < 4.78 is 0. The molecule has 0 radical (unpaired) electrons. The van der Waals surface area contributed by atoms with Gasteiger partial charge in [-0.1, -0.05) is 6.92 Å². The Labute approximate surface area is 102 Å². The summed E-state index contributed by atoms with van der Waals surface area (Å²) in [6, 6.07) is -0.0355. The number of amides is 1. The van der Waals surface area contributed by atoms with Crippen molar-refractivity contribution in [2.45, 2.75) is 38.6 Å². The molecule has 1 aliphatic heterocycles. The van der Waals surface area contributed by atoms with Crippen LogP contribution in [0.15, 0.2) is 0 Å².